The Morgan fingerprint density at radius 2 is 1.85 bits per heavy atom. The number of benzene rings is 1. The Kier molecular flexibility index (Phi) is 5.47. The Bertz CT molecular complexity index is 673. The standard InChI is InChI=1S/C20H27Cl2N3O/c21-16-4-1-12(9-17(16)22)11-25-7-5-15(6-8-25)24-20(26)18-13-2-3-14(10-13)19(18)23/h1,4,9,13-15,18-19H,2-3,5-8,10-11,23H2,(H,24,26). The molecule has 1 saturated heterocycles. The highest BCUT2D eigenvalue weighted by atomic mass is 35.5. The summed E-state index contributed by atoms with van der Waals surface area (Å²) in [5.41, 5.74) is 7.49. The van der Waals surface area contributed by atoms with Crippen molar-refractivity contribution in [3.63, 3.8) is 0 Å². The van der Waals surface area contributed by atoms with Crippen LogP contribution in [0, 0.1) is 17.8 Å². The van der Waals surface area contributed by atoms with Gasteiger partial charge in [-0.1, -0.05) is 29.3 Å². The maximum Gasteiger partial charge on any atom is 0.225 e. The minimum Gasteiger partial charge on any atom is -0.353 e. The summed E-state index contributed by atoms with van der Waals surface area (Å²) in [5.74, 6) is 1.34. The molecule has 1 aliphatic heterocycles. The topological polar surface area (TPSA) is 58.4 Å². The third-order valence-corrected chi connectivity index (χ3v) is 7.35. The molecule has 3 N–H and O–H groups in total. The van der Waals surface area contributed by atoms with Crippen molar-refractivity contribution >= 4 is 29.1 Å². The van der Waals surface area contributed by atoms with Crippen molar-refractivity contribution in [2.45, 2.75) is 50.7 Å². The summed E-state index contributed by atoms with van der Waals surface area (Å²) in [6, 6.07) is 6.17. The zero-order chi connectivity index (χ0) is 18.3. The summed E-state index contributed by atoms with van der Waals surface area (Å²) in [6.07, 6.45) is 5.52. The van der Waals surface area contributed by atoms with Gasteiger partial charge in [0.05, 0.1) is 16.0 Å². The SMILES string of the molecule is NC1C2CCC(C2)C1C(=O)NC1CCN(Cc2ccc(Cl)c(Cl)c2)CC1. The number of rotatable bonds is 4. The van der Waals surface area contributed by atoms with E-state index in [1.54, 1.807) is 0 Å². The van der Waals surface area contributed by atoms with Gasteiger partial charge in [0, 0.05) is 31.7 Å². The van der Waals surface area contributed by atoms with Crippen LogP contribution in [-0.4, -0.2) is 36.0 Å². The number of nitrogens with two attached hydrogens (primary N) is 1. The quantitative estimate of drug-likeness (QED) is 0.820. The third-order valence-electron chi connectivity index (χ3n) is 6.61. The van der Waals surface area contributed by atoms with Crippen molar-refractivity contribution in [3.8, 4) is 0 Å². The fourth-order valence-corrected chi connectivity index (χ4v) is 5.47. The first-order valence-corrected chi connectivity index (χ1v) is 10.5. The molecule has 0 radical (unpaired) electrons. The van der Waals surface area contributed by atoms with Crippen molar-refractivity contribution in [3.05, 3.63) is 33.8 Å². The number of piperidine rings is 1. The van der Waals surface area contributed by atoms with Gasteiger partial charge in [-0.3, -0.25) is 9.69 Å². The van der Waals surface area contributed by atoms with E-state index in [4.69, 9.17) is 28.9 Å². The van der Waals surface area contributed by atoms with Crippen molar-refractivity contribution in [2.24, 2.45) is 23.5 Å². The third kappa shape index (κ3) is 3.75. The number of halogens is 2. The first kappa shape index (κ1) is 18.5. The minimum absolute atomic E-state index is 0.0444. The Morgan fingerprint density at radius 1 is 1.12 bits per heavy atom. The number of hydrogen-bond donors (Lipinski definition) is 2. The lowest BCUT2D eigenvalue weighted by Gasteiger charge is -2.34. The van der Waals surface area contributed by atoms with Gasteiger partial charge in [-0.25, -0.2) is 0 Å². The fraction of sp³-hybridized carbons (Fsp3) is 0.650. The van der Waals surface area contributed by atoms with E-state index < -0.39 is 0 Å². The number of hydrogen-bond acceptors (Lipinski definition) is 3. The van der Waals surface area contributed by atoms with Gasteiger partial charge < -0.3 is 11.1 Å². The molecule has 26 heavy (non-hydrogen) atoms. The second kappa shape index (κ2) is 7.67. The highest BCUT2D eigenvalue weighted by Gasteiger charge is 2.49. The van der Waals surface area contributed by atoms with Gasteiger partial charge in [0.25, 0.3) is 0 Å². The van der Waals surface area contributed by atoms with E-state index in [2.05, 4.69) is 10.2 Å². The molecule has 2 aliphatic carbocycles. The Labute approximate surface area is 165 Å². The molecule has 4 atom stereocenters. The molecule has 3 aliphatic rings. The van der Waals surface area contributed by atoms with Gasteiger partial charge in [0.2, 0.25) is 5.91 Å². The first-order valence-electron chi connectivity index (χ1n) is 9.73. The Balaban J connectivity index is 1.26. The molecule has 1 heterocycles. The largest absolute Gasteiger partial charge is 0.353 e. The predicted molar refractivity (Wildman–Crippen MR) is 105 cm³/mol. The molecule has 4 rings (SSSR count). The number of amides is 1. The molecular formula is C20H27Cl2N3O. The van der Waals surface area contributed by atoms with Crippen molar-refractivity contribution in [2.75, 3.05) is 13.1 Å². The lowest BCUT2D eigenvalue weighted by Crippen LogP contribution is -2.50. The number of nitrogens with one attached hydrogen (secondary N) is 1. The van der Waals surface area contributed by atoms with Crippen LogP contribution in [0.15, 0.2) is 18.2 Å². The number of carbonyl (C=O) groups is 1. The zero-order valence-electron chi connectivity index (χ0n) is 15.0. The molecule has 0 spiro atoms. The van der Waals surface area contributed by atoms with Crippen LogP contribution in [0.25, 0.3) is 0 Å². The van der Waals surface area contributed by atoms with Crippen LogP contribution < -0.4 is 11.1 Å². The summed E-state index contributed by atoms with van der Waals surface area (Å²) in [6.45, 7) is 2.83. The van der Waals surface area contributed by atoms with Gasteiger partial charge in [-0.05, 0) is 61.6 Å². The zero-order valence-corrected chi connectivity index (χ0v) is 16.5. The molecule has 2 bridgehead atoms. The Morgan fingerprint density at radius 3 is 2.50 bits per heavy atom. The van der Waals surface area contributed by atoms with Crippen molar-refractivity contribution in [1.29, 1.82) is 0 Å². The monoisotopic (exact) mass is 395 g/mol. The minimum atomic E-state index is 0.0444. The van der Waals surface area contributed by atoms with E-state index in [0.717, 1.165) is 38.9 Å². The lowest BCUT2D eigenvalue weighted by molar-refractivity contribution is -0.128. The van der Waals surface area contributed by atoms with Gasteiger partial charge in [0.15, 0.2) is 0 Å². The van der Waals surface area contributed by atoms with Gasteiger partial charge >= 0.3 is 0 Å². The molecule has 4 unspecified atom stereocenters. The van der Waals surface area contributed by atoms with E-state index in [0.29, 0.717) is 21.9 Å². The van der Waals surface area contributed by atoms with E-state index in [-0.39, 0.29) is 23.9 Å². The van der Waals surface area contributed by atoms with Crippen molar-refractivity contribution < 1.29 is 4.79 Å². The second-order valence-corrected chi connectivity index (χ2v) is 9.06. The molecule has 2 saturated carbocycles. The molecule has 1 amide bonds. The van der Waals surface area contributed by atoms with Crippen LogP contribution in [0.4, 0.5) is 0 Å². The summed E-state index contributed by atoms with van der Waals surface area (Å²) in [4.78, 5) is 15.1. The highest BCUT2D eigenvalue weighted by molar-refractivity contribution is 6.42. The van der Waals surface area contributed by atoms with Gasteiger partial charge in [0.1, 0.15) is 0 Å². The Hall–Kier alpha value is -0.810. The van der Waals surface area contributed by atoms with Crippen LogP contribution in [-0.2, 0) is 11.3 Å². The van der Waals surface area contributed by atoms with Crippen molar-refractivity contribution in [1.82, 2.24) is 10.2 Å². The summed E-state index contributed by atoms with van der Waals surface area (Å²) >= 11 is 12.1. The second-order valence-electron chi connectivity index (χ2n) is 8.24. The smallest absolute Gasteiger partial charge is 0.225 e. The summed E-state index contributed by atoms with van der Waals surface area (Å²) in [7, 11) is 0. The number of fused-ring (bicyclic) bond motifs is 2. The lowest BCUT2D eigenvalue weighted by atomic mass is 9.84. The molecule has 3 fully saturated rings. The normalized spacial score (nSPS) is 32.1. The van der Waals surface area contributed by atoms with E-state index in [1.165, 1.54) is 18.4 Å². The molecule has 4 nitrogen and oxygen atoms in total. The first-order chi connectivity index (χ1) is 12.5. The fourth-order valence-electron chi connectivity index (χ4n) is 5.15. The van der Waals surface area contributed by atoms with Crippen LogP contribution in [0.1, 0.15) is 37.7 Å². The molecule has 142 valence electrons. The average Bonchev–Trinajstić information content (AvgIpc) is 3.21. The maximum atomic E-state index is 12.7. The van der Waals surface area contributed by atoms with E-state index >= 15 is 0 Å². The predicted octanol–water partition coefficient (Wildman–Crippen LogP) is 3.45. The maximum absolute atomic E-state index is 12.7. The van der Waals surface area contributed by atoms with Gasteiger partial charge in [-0.15, -0.1) is 0 Å². The number of likely N-dealkylation sites (tertiary alicyclic amines) is 1. The molecule has 1 aromatic carbocycles. The molecular weight excluding hydrogens is 369 g/mol. The number of carbonyl (C=O) groups excluding carboxylic acids is 1. The van der Waals surface area contributed by atoms with Gasteiger partial charge in [-0.2, -0.15) is 0 Å². The average molecular weight is 396 g/mol. The van der Waals surface area contributed by atoms with E-state index in [9.17, 15) is 4.79 Å². The van der Waals surface area contributed by atoms with Crippen LogP contribution >= 0.6 is 23.2 Å². The highest BCUT2D eigenvalue weighted by Crippen LogP contribution is 2.47. The van der Waals surface area contributed by atoms with Crippen LogP contribution in [0.3, 0.4) is 0 Å². The van der Waals surface area contributed by atoms with Crippen LogP contribution in [0.5, 0.6) is 0 Å². The van der Waals surface area contributed by atoms with E-state index in [1.807, 2.05) is 18.2 Å². The van der Waals surface area contributed by atoms with Crippen LogP contribution in [0.2, 0.25) is 10.0 Å². The molecule has 6 heteroatoms. The molecule has 0 aromatic heterocycles. The number of nitrogens with zero attached hydrogens (tertiary/aromatic N) is 1. The summed E-state index contributed by atoms with van der Waals surface area (Å²) in [5, 5.41) is 4.49. The molecule has 1 aromatic rings. The summed E-state index contributed by atoms with van der Waals surface area (Å²) < 4.78 is 0.